The molecule has 0 radical (unpaired) electrons. The molecular weight excluding hydrogens is 253 g/mol. The normalized spacial score (nSPS) is 16.5. The van der Waals surface area contributed by atoms with Gasteiger partial charge in [-0.15, -0.1) is 0 Å². The molecule has 0 N–H and O–H groups in total. The van der Waals surface area contributed by atoms with E-state index < -0.39 is 11.7 Å². The first-order chi connectivity index (χ1) is 8.68. The number of halogens is 3. The summed E-state index contributed by atoms with van der Waals surface area (Å²) in [6, 6.07) is 4.20. The van der Waals surface area contributed by atoms with E-state index in [4.69, 9.17) is 4.74 Å². The molecule has 1 aliphatic rings. The Morgan fingerprint density at radius 1 is 1.16 bits per heavy atom. The summed E-state index contributed by atoms with van der Waals surface area (Å²) in [6.07, 6.45) is -2.25. The molecule has 0 bridgehead atoms. The van der Waals surface area contributed by atoms with Crippen LogP contribution in [0.25, 0.3) is 0 Å². The van der Waals surface area contributed by atoms with Crippen LogP contribution in [0.3, 0.4) is 0 Å². The molecule has 0 amide bonds. The third-order valence-electron chi connectivity index (χ3n) is 3.32. The van der Waals surface area contributed by atoms with E-state index in [1.54, 1.807) is 0 Å². The molecule has 0 aromatic heterocycles. The summed E-state index contributed by atoms with van der Waals surface area (Å²) in [5.74, 6) is 0.395. The molecule has 1 aliphatic carbocycles. The van der Waals surface area contributed by atoms with Gasteiger partial charge in [-0.05, 0) is 41.9 Å². The Hall–Kier alpha value is -1.19. The molecular formula is C15H19F3O. The topological polar surface area (TPSA) is 9.23 Å². The van der Waals surface area contributed by atoms with Crippen molar-refractivity contribution in [2.24, 2.45) is 5.92 Å². The maximum absolute atomic E-state index is 12.9. The number of hydrogen-bond acceptors (Lipinski definition) is 1. The van der Waals surface area contributed by atoms with Crippen LogP contribution in [-0.2, 0) is 11.6 Å². The van der Waals surface area contributed by atoms with Gasteiger partial charge in [0.05, 0.1) is 12.2 Å². The monoisotopic (exact) mass is 272 g/mol. The second kappa shape index (κ2) is 4.73. The Morgan fingerprint density at radius 2 is 1.79 bits per heavy atom. The fourth-order valence-corrected chi connectivity index (χ4v) is 1.83. The average Bonchev–Trinajstić information content (AvgIpc) is 3.07. The predicted molar refractivity (Wildman–Crippen MR) is 68.4 cm³/mol. The molecule has 0 atom stereocenters. The number of alkyl halides is 3. The SMILES string of the molecule is CC(C)(C)c1ccc(C(F)(F)F)c(OCC2CC2)c1. The first-order valence-electron chi connectivity index (χ1n) is 6.52. The standard InChI is InChI=1S/C15H19F3O/c1-14(2,3)11-6-7-12(15(16,17)18)13(8-11)19-9-10-4-5-10/h6-8,10H,4-5,9H2,1-3H3. The zero-order valence-corrected chi connectivity index (χ0v) is 11.5. The van der Waals surface area contributed by atoms with Gasteiger partial charge in [-0.3, -0.25) is 0 Å². The maximum Gasteiger partial charge on any atom is 0.419 e. The van der Waals surface area contributed by atoms with Crippen LogP contribution in [0, 0.1) is 5.92 Å². The summed E-state index contributed by atoms with van der Waals surface area (Å²) in [7, 11) is 0. The molecule has 1 nitrogen and oxygen atoms in total. The second-order valence-electron chi connectivity index (χ2n) is 6.21. The molecule has 0 spiro atoms. The van der Waals surface area contributed by atoms with E-state index in [0.717, 1.165) is 24.5 Å². The number of hydrogen-bond donors (Lipinski definition) is 0. The van der Waals surface area contributed by atoms with Crippen LogP contribution in [0.4, 0.5) is 13.2 Å². The van der Waals surface area contributed by atoms with Crippen molar-refractivity contribution in [3.63, 3.8) is 0 Å². The summed E-state index contributed by atoms with van der Waals surface area (Å²) >= 11 is 0. The Balaban J connectivity index is 2.31. The van der Waals surface area contributed by atoms with Crippen LogP contribution in [-0.4, -0.2) is 6.61 Å². The van der Waals surface area contributed by atoms with Crippen LogP contribution in [0.5, 0.6) is 5.75 Å². The van der Waals surface area contributed by atoms with Gasteiger partial charge in [0.25, 0.3) is 0 Å². The van der Waals surface area contributed by atoms with Crippen molar-refractivity contribution in [2.45, 2.75) is 45.2 Å². The minimum absolute atomic E-state index is 0.0353. The van der Waals surface area contributed by atoms with Crippen LogP contribution >= 0.6 is 0 Å². The molecule has 1 saturated carbocycles. The maximum atomic E-state index is 12.9. The molecule has 4 heteroatoms. The Labute approximate surface area is 111 Å². The average molecular weight is 272 g/mol. The third-order valence-corrected chi connectivity index (χ3v) is 3.32. The molecule has 19 heavy (non-hydrogen) atoms. The van der Waals surface area contributed by atoms with Gasteiger partial charge in [0.2, 0.25) is 0 Å². The molecule has 2 rings (SSSR count). The van der Waals surface area contributed by atoms with Crippen LogP contribution in [0.2, 0.25) is 0 Å². The number of ether oxygens (including phenoxy) is 1. The van der Waals surface area contributed by atoms with Crippen molar-refractivity contribution < 1.29 is 17.9 Å². The fourth-order valence-electron chi connectivity index (χ4n) is 1.83. The quantitative estimate of drug-likeness (QED) is 0.768. The first kappa shape index (κ1) is 14.2. The minimum atomic E-state index is -4.37. The van der Waals surface area contributed by atoms with Gasteiger partial charge >= 0.3 is 6.18 Å². The van der Waals surface area contributed by atoms with E-state index in [1.165, 1.54) is 12.1 Å². The molecule has 1 aromatic rings. The summed E-state index contributed by atoms with van der Waals surface area (Å²) in [6.45, 7) is 6.30. The van der Waals surface area contributed by atoms with Crippen LogP contribution in [0.15, 0.2) is 18.2 Å². The number of rotatable bonds is 3. The first-order valence-corrected chi connectivity index (χ1v) is 6.52. The van der Waals surface area contributed by atoms with Crippen LogP contribution < -0.4 is 4.74 Å². The zero-order chi connectivity index (χ0) is 14.3. The highest BCUT2D eigenvalue weighted by Gasteiger charge is 2.35. The van der Waals surface area contributed by atoms with Crippen molar-refractivity contribution in [2.75, 3.05) is 6.61 Å². The van der Waals surface area contributed by atoms with E-state index in [0.29, 0.717) is 12.5 Å². The van der Waals surface area contributed by atoms with Gasteiger partial charge in [-0.1, -0.05) is 26.8 Å². The smallest absolute Gasteiger partial charge is 0.419 e. The van der Waals surface area contributed by atoms with E-state index in [-0.39, 0.29) is 11.2 Å². The Kier molecular flexibility index (Phi) is 3.54. The van der Waals surface area contributed by atoms with Gasteiger partial charge in [-0.25, -0.2) is 0 Å². The van der Waals surface area contributed by atoms with Crippen molar-refractivity contribution in [3.05, 3.63) is 29.3 Å². The summed E-state index contributed by atoms with van der Waals surface area (Å²) in [5.41, 5.74) is -0.0191. The molecule has 1 fully saturated rings. The lowest BCUT2D eigenvalue weighted by Gasteiger charge is -2.22. The number of benzene rings is 1. The summed E-state index contributed by atoms with van der Waals surface area (Å²) in [4.78, 5) is 0. The Bertz CT molecular complexity index is 453. The van der Waals surface area contributed by atoms with E-state index in [1.807, 2.05) is 20.8 Å². The lowest BCUT2D eigenvalue weighted by molar-refractivity contribution is -0.139. The van der Waals surface area contributed by atoms with Gasteiger partial charge in [-0.2, -0.15) is 13.2 Å². The van der Waals surface area contributed by atoms with Crippen molar-refractivity contribution >= 4 is 0 Å². The molecule has 0 heterocycles. The van der Waals surface area contributed by atoms with E-state index in [9.17, 15) is 13.2 Å². The lowest BCUT2D eigenvalue weighted by atomic mass is 9.86. The fraction of sp³-hybridized carbons (Fsp3) is 0.600. The van der Waals surface area contributed by atoms with E-state index in [2.05, 4.69) is 0 Å². The van der Waals surface area contributed by atoms with Crippen molar-refractivity contribution in [3.8, 4) is 5.75 Å². The second-order valence-corrected chi connectivity index (χ2v) is 6.21. The molecule has 0 unspecified atom stereocenters. The highest BCUT2D eigenvalue weighted by atomic mass is 19.4. The van der Waals surface area contributed by atoms with E-state index >= 15 is 0 Å². The third kappa shape index (κ3) is 3.64. The predicted octanol–water partition coefficient (Wildman–Crippen LogP) is 4.79. The molecule has 106 valence electrons. The van der Waals surface area contributed by atoms with Gasteiger partial charge in [0, 0.05) is 0 Å². The van der Waals surface area contributed by atoms with Crippen molar-refractivity contribution in [1.29, 1.82) is 0 Å². The largest absolute Gasteiger partial charge is 0.493 e. The molecule has 1 aromatic carbocycles. The summed E-state index contributed by atoms with van der Waals surface area (Å²) < 4.78 is 44.2. The zero-order valence-electron chi connectivity index (χ0n) is 11.5. The highest BCUT2D eigenvalue weighted by molar-refractivity contribution is 5.41. The van der Waals surface area contributed by atoms with Gasteiger partial charge in [0.15, 0.2) is 0 Å². The van der Waals surface area contributed by atoms with Crippen molar-refractivity contribution in [1.82, 2.24) is 0 Å². The lowest BCUT2D eigenvalue weighted by Crippen LogP contribution is -2.15. The van der Waals surface area contributed by atoms with Crippen LogP contribution in [0.1, 0.15) is 44.7 Å². The minimum Gasteiger partial charge on any atom is -0.493 e. The summed E-state index contributed by atoms with van der Waals surface area (Å²) in [5, 5.41) is 0. The van der Waals surface area contributed by atoms with Gasteiger partial charge in [0.1, 0.15) is 5.75 Å². The highest BCUT2D eigenvalue weighted by Crippen LogP contribution is 2.39. The Morgan fingerprint density at radius 3 is 2.26 bits per heavy atom. The molecule has 0 aliphatic heterocycles. The van der Waals surface area contributed by atoms with Gasteiger partial charge < -0.3 is 4.74 Å². The molecule has 0 saturated heterocycles.